The molecule has 4 nitrogen and oxygen atoms in total. The molecule has 0 saturated heterocycles. The second-order valence-electron chi connectivity index (χ2n) is 3.15. The highest BCUT2D eigenvalue weighted by Gasteiger charge is 2.08. The van der Waals surface area contributed by atoms with E-state index in [9.17, 15) is 10.1 Å². The van der Waals surface area contributed by atoms with E-state index in [0.717, 1.165) is 16.4 Å². The van der Waals surface area contributed by atoms with Gasteiger partial charge in [0.15, 0.2) is 5.09 Å². The predicted octanol–water partition coefficient (Wildman–Crippen LogP) is 3.33. The van der Waals surface area contributed by atoms with Gasteiger partial charge in [-0.25, -0.2) is 0 Å². The third-order valence-corrected chi connectivity index (χ3v) is 3.03. The van der Waals surface area contributed by atoms with Crippen LogP contribution in [0.15, 0.2) is 39.2 Å². The molecule has 5 heteroatoms. The number of allylic oxidation sites excluding steroid dienone is 2. The molecule has 0 aromatic carbocycles. The van der Waals surface area contributed by atoms with Crippen LogP contribution in [0.3, 0.4) is 0 Å². The molecule has 1 rings (SSSR count). The second kappa shape index (κ2) is 5.60. The van der Waals surface area contributed by atoms with Crippen molar-refractivity contribution >= 4 is 11.8 Å². The fraction of sp³-hybridized carbons (Fsp3) is 0.400. The minimum absolute atomic E-state index is 0.245. The summed E-state index contributed by atoms with van der Waals surface area (Å²) in [5, 5.41) is 11.3. The van der Waals surface area contributed by atoms with E-state index in [1.165, 1.54) is 6.92 Å². The maximum atomic E-state index is 10.5. The molecule has 1 heterocycles. The van der Waals surface area contributed by atoms with Gasteiger partial charge < -0.3 is 4.42 Å². The number of nitrogens with zero attached hydrogens (tertiary/aromatic N) is 1. The Hall–Kier alpha value is -1.23. The van der Waals surface area contributed by atoms with Gasteiger partial charge in [0.05, 0.1) is 11.2 Å². The minimum Gasteiger partial charge on any atom is -0.458 e. The van der Waals surface area contributed by atoms with Crippen LogP contribution in [0.5, 0.6) is 0 Å². The first-order chi connectivity index (χ1) is 7.11. The monoisotopic (exact) mass is 227 g/mol. The fourth-order valence-electron chi connectivity index (χ4n) is 0.987. The normalized spacial score (nSPS) is 12.4. The standard InChI is InChI=1S/C10H13NO3S/c1-8(9(2)11(12)13)5-7-15-10-4-3-6-14-10/h3-4,6H,5,7H2,1-2H3. The van der Waals surface area contributed by atoms with E-state index in [1.807, 2.05) is 12.1 Å². The smallest absolute Gasteiger partial charge is 0.242 e. The first kappa shape index (κ1) is 11.8. The van der Waals surface area contributed by atoms with E-state index in [1.54, 1.807) is 24.9 Å². The molecule has 0 radical (unpaired) electrons. The van der Waals surface area contributed by atoms with Crippen LogP contribution >= 0.6 is 11.8 Å². The van der Waals surface area contributed by atoms with Gasteiger partial charge in [0, 0.05) is 18.2 Å². The van der Waals surface area contributed by atoms with Crippen LogP contribution in [0.1, 0.15) is 20.3 Å². The molecular formula is C10H13NO3S. The average Bonchev–Trinajstić information content (AvgIpc) is 2.69. The Morgan fingerprint density at radius 3 is 2.87 bits per heavy atom. The van der Waals surface area contributed by atoms with Gasteiger partial charge in [-0.1, -0.05) is 11.8 Å². The van der Waals surface area contributed by atoms with Crippen LogP contribution in [0, 0.1) is 10.1 Å². The first-order valence-electron chi connectivity index (χ1n) is 4.58. The molecule has 0 bridgehead atoms. The van der Waals surface area contributed by atoms with Crippen LogP contribution < -0.4 is 0 Å². The lowest BCUT2D eigenvalue weighted by atomic mass is 10.2. The maximum Gasteiger partial charge on any atom is 0.242 e. The Morgan fingerprint density at radius 1 is 1.60 bits per heavy atom. The van der Waals surface area contributed by atoms with E-state index < -0.39 is 0 Å². The summed E-state index contributed by atoms with van der Waals surface area (Å²) in [6, 6.07) is 3.71. The van der Waals surface area contributed by atoms with Gasteiger partial charge in [-0.3, -0.25) is 10.1 Å². The van der Waals surface area contributed by atoms with Crippen LogP contribution in [-0.4, -0.2) is 10.7 Å². The van der Waals surface area contributed by atoms with E-state index in [4.69, 9.17) is 4.42 Å². The lowest BCUT2D eigenvalue weighted by Gasteiger charge is -1.99. The summed E-state index contributed by atoms with van der Waals surface area (Å²) in [7, 11) is 0. The van der Waals surface area contributed by atoms with Crippen molar-refractivity contribution < 1.29 is 9.34 Å². The number of hydrogen-bond donors (Lipinski definition) is 0. The zero-order chi connectivity index (χ0) is 11.3. The third kappa shape index (κ3) is 3.79. The number of furan rings is 1. The average molecular weight is 227 g/mol. The Kier molecular flexibility index (Phi) is 4.42. The Balaban J connectivity index is 2.38. The minimum atomic E-state index is -0.340. The van der Waals surface area contributed by atoms with Crippen molar-refractivity contribution in [3.8, 4) is 0 Å². The number of thioether (sulfide) groups is 1. The highest BCUT2D eigenvalue weighted by Crippen LogP contribution is 2.21. The molecule has 0 spiro atoms. The van der Waals surface area contributed by atoms with Gasteiger partial charge in [0.25, 0.3) is 0 Å². The van der Waals surface area contributed by atoms with Crippen molar-refractivity contribution in [3.63, 3.8) is 0 Å². The van der Waals surface area contributed by atoms with Crippen LogP contribution in [0.4, 0.5) is 0 Å². The fourth-order valence-corrected chi connectivity index (χ4v) is 1.89. The number of rotatable bonds is 5. The van der Waals surface area contributed by atoms with Gasteiger partial charge in [0.1, 0.15) is 0 Å². The lowest BCUT2D eigenvalue weighted by Crippen LogP contribution is -1.98. The summed E-state index contributed by atoms with van der Waals surface area (Å²) in [5.41, 5.74) is 1.06. The highest BCUT2D eigenvalue weighted by molar-refractivity contribution is 7.99. The molecule has 0 saturated carbocycles. The lowest BCUT2D eigenvalue weighted by molar-refractivity contribution is -0.425. The molecule has 0 aliphatic rings. The van der Waals surface area contributed by atoms with Gasteiger partial charge in [-0.05, 0) is 25.5 Å². The van der Waals surface area contributed by atoms with E-state index in [0.29, 0.717) is 6.42 Å². The summed E-state index contributed by atoms with van der Waals surface area (Å²) in [6.45, 7) is 3.33. The number of hydrogen-bond acceptors (Lipinski definition) is 4. The van der Waals surface area contributed by atoms with Gasteiger partial charge in [-0.15, -0.1) is 0 Å². The Labute approximate surface area is 92.5 Å². The largest absolute Gasteiger partial charge is 0.458 e. The molecule has 0 unspecified atom stereocenters. The van der Waals surface area contributed by atoms with Crippen molar-refractivity contribution in [2.24, 2.45) is 0 Å². The van der Waals surface area contributed by atoms with Gasteiger partial charge in [-0.2, -0.15) is 0 Å². The summed E-state index contributed by atoms with van der Waals surface area (Å²) >= 11 is 1.56. The molecule has 15 heavy (non-hydrogen) atoms. The SMILES string of the molecule is CC(CCSc1ccco1)=C(C)[N+](=O)[O-]. The molecule has 0 aliphatic carbocycles. The predicted molar refractivity (Wildman–Crippen MR) is 59.4 cm³/mol. The molecule has 0 atom stereocenters. The summed E-state index contributed by atoms with van der Waals surface area (Å²) in [4.78, 5) is 10.1. The highest BCUT2D eigenvalue weighted by atomic mass is 32.2. The Morgan fingerprint density at radius 2 is 2.33 bits per heavy atom. The molecule has 0 aliphatic heterocycles. The van der Waals surface area contributed by atoms with Crippen LogP contribution in [-0.2, 0) is 0 Å². The quantitative estimate of drug-likeness (QED) is 0.440. The van der Waals surface area contributed by atoms with E-state index in [2.05, 4.69) is 0 Å². The maximum absolute atomic E-state index is 10.5. The molecule has 1 aromatic heterocycles. The molecule has 0 fully saturated rings. The molecule has 0 amide bonds. The summed E-state index contributed by atoms with van der Waals surface area (Å²) in [5.74, 6) is 0.796. The Bertz CT molecular complexity index is 357. The van der Waals surface area contributed by atoms with Gasteiger partial charge in [0.2, 0.25) is 5.70 Å². The van der Waals surface area contributed by atoms with Crippen LogP contribution in [0.25, 0.3) is 0 Å². The van der Waals surface area contributed by atoms with E-state index >= 15 is 0 Å². The van der Waals surface area contributed by atoms with Gasteiger partial charge >= 0.3 is 0 Å². The van der Waals surface area contributed by atoms with Crippen LogP contribution in [0.2, 0.25) is 0 Å². The summed E-state index contributed by atoms with van der Waals surface area (Å²) < 4.78 is 5.14. The first-order valence-corrected chi connectivity index (χ1v) is 5.57. The van der Waals surface area contributed by atoms with Crippen molar-refractivity contribution in [3.05, 3.63) is 39.8 Å². The van der Waals surface area contributed by atoms with Crippen molar-refractivity contribution in [2.45, 2.75) is 25.4 Å². The van der Waals surface area contributed by atoms with Crippen molar-refractivity contribution in [1.82, 2.24) is 0 Å². The zero-order valence-corrected chi connectivity index (χ0v) is 9.54. The zero-order valence-electron chi connectivity index (χ0n) is 8.73. The van der Waals surface area contributed by atoms with Crippen molar-refractivity contribution in [2.75, 3.05) is 5.75 Å². The van der Waals surface area contributed by atoms with E-state index in [-0.39, 0.29) is 10.6 Å². The third-order valence-electron chi connectivity index (χ3n) is 2.11. The molecular weight excluding hydrogens is 214 g/mol. The summed E-state index contributed by atoms with van der Waals surface area (Å²) in [6.07, 6.45) is 2.32. The second-order valence-corrected chi connectivity index (χ2v) is 4.25. The molecule has 0 N–H and O–H groups in total. The molecule has 82 valence electrons. The topological polar surface area (TPSA) is 56.3 Å². The molecule has 1 aromatic rings. The van der Waals surface area contributed by atoms with Crippen molar-refractivity contribution in [1.29, 1.82) is 0 Å². The number of nitro groups is 1.